The van der Waals surface area contributed by atoms with Crippen molar-refractivity contribution >= 4 is 27.8 Å². The van der Waals surface area contributed by atoms with E-state index in [0.717, 1.165) is 22.3 Å². The van der Waals surface area contributed by atoms with E-state index in [1.807, 2.05) is 36.4 Å². The molecule has 0 fully saturated rings. The third-order valence-corrected chi connectivity index (χ3v) is 7.82. The molecule has 0 bridgehead atoms. The Morgan fingerprint density at radius 2 is 1.50 bits per heavy atom. The minimum Gasteiger partial charge on any atom is -0.468 e. The number of nitrogens with one attached hydrogen (secondary N) is 1. The number of methoxy groups -OCH3 is 1. The number of hydrogen-bond donors (Lipinski definition) is 1. The molecule has 3 aromatic rings. The van der Waals surface area contributed by atoms with Crippen LogP contribution in [0.4, 0.5) is 10.5 Å². The van der Waals surface area contributed by atoms with Crippen LogP contribution in [-0.2, 0) is 37.3 Å². The Balaban J connectivity index is 1.55. The number of esters is 1. The molecule has 0 aliphatic carbocycles. The SMILES string of the molecule is COC(=O)[C@H]1Cc2ccccc2CN1S(=O)(=O)c1ccc(-c2ccc(NC(=O)OC(C)C)cc2)cc1. The molecule has 0 spiro atoms. The van der Waals surface area contributed by atoms with Gasteiger partial charge in [0, 0.05) is 18.7 Å². The summed E-state index contributed by atoms with van der Waals surface area (Å²) in [5.41, 5.74) is 4.04. The fraction of sp³-hybridized carbons (Fsp3) is 0.259. The maximum absolute atomic E-state index is 13.6. The first-order valence-electron chi connectivity index (χ1n) is 11.5. The van der Waals surface area contributed by atoms with Crippen LogP contribution in [0.25, 0.3) is 11.1 Å². The lowest BCUT2D eigenvalue weighted by atomic mass is 9.96. The molecule has 36 heavy (non-hydrogen) atoms. The van der Waals surface area contributed by atoms with E-state index in [1.54, 1.807) is 38.1 Å². The smallest absolute Gasteiger partial charge is 0.411 e. The van der Waals surface area contributed by atoms with Crippen molar-refractivity contribution in [2.24, 2.45) is 0 Å². The van der Waals surface area contributed by atoms with Gasteiger partial charge in [0.1, 0.15) is 6.04 Å². The number of benzene rings is 3. The van der Waals surface area contributed by atoms with Gasteiger partial charge in [-0.2, -0.15) is 4.31 Å². The van der Waals surface area contributed by atoms with Gasteiger partial charge in [-0.15, -0.1) is 0 Å². The van der Waals surface area contributed by atoms with Crippen LogP contribution in [-0.4, -0.2) is 44.0 Å². The second-order valence-corrected chi connectivity index (χ2v) is 10.6. The lowest BCUT2D eigenvalue weighted by Gasteiger charge is -2.34. The molecule has 1 atom stereocenters. The molecule has 1 N–H and O–H groups in total. The Hall–Kier alpha value is -3.69. The lowest BCUT2D eigenvalue weighted by Crippen LogP contribution is -2.48. The van der Waals surface area contributed by atoms with E-state index in [4.69, 9.17) is 9.47 Å². The van der Waals surface area contributed by atoms with Crippen molar-refractivity contribution in [2.75, 3.05) is 12.4 Å². The lowest BCUT2D eigenvalue weighted by molar-refractivity contribution is -0.145. The molecule has 0 saturated carbocycles. The first-order chi connectivity index (χ1) is 17.2. The second kappa shape index (κ2) is 10.5. The van der Waals surface area contributed by atoms with Crippen molar-refractivity contribution in [1.82, 2.24) is 4.31 Å². The number of carbonyl (C=O) groups excluding carboxylic acids is 2. The van der Waals surface area contributed by atoms with Gasteiger partial charge in [-0.1, -0.05) is 48.5 Å². The zero-order valence-corrected chi connectivity index (χ0v) is 21.1. The van der Waals surface area contributed by atoms with Crippen LogP contribution in [0.1, 0.15) is 25.0 Å². The molecular formula is C27H28N2O6S. The van der Waals surface area contributed by atoms with E-state index in [0.29, 0.717) is 5.69 Å². The molecule has 8 nitrogen and oxygen atoms in total. The number of ether oxygens (including phenoxy) is 2. The van der Waals surface area contributed by atoms with Crippen molar-refractivity contribution < 1.29 is 27.5 Å². The van der Waals surface area contributed by atoms with Crippen LogP contribution in [0.3, 0.4) is 0 Å². The van der Waals surface area contributed by atoms with Gasteiger partial charge in [-0.3, -0.25) is 10.1 Å². The van der Waals surface area contributed by atoms with Gasteiger partial charge in [0.15, 0.2) is 0 Å². The third kappa shape index (κ3) is 5.42. The van der Waals surface area contributed by atoms with Gasteiger partial charge in [0.2, 0.25) is 10.0 Å². The van der Waals surface area contributed by atoms with Crippen LogP contribution in [0.2, 0.25) is 0 Å². The Bertz CT molecular complexity index is 1350. The van der Waals surface area contributed by atoms with Crippen LogP contribution in [0, 0.1) is 0 Å². The summed E-state index contributed by atoms with van der Waals surface area (Å²) < 4.78 is 38.3. The van der Waals surface area contributed by atoms with Crippen molar-refractivity contribution in [1.29, 1.82) is 0 Å². The van der Waals surface area contributed by atoms with Crippen LogP contribution in [0.5, 0.6) is 0 Å². The quantitative estimate of drug-likeness (QED) is 0.489. The highest BCUT2D eigenvalue weighted by Crippen LogP contribution is 2.31. The maximum atomic E-state index is 13.6. The molecule has 4 rings (SSSR count). The van der Waals surface area contributed by atoms with Crippen molar-refractivity contribution in [3.8, 4) is 11.1 Å². The van der Waals surface area contributed by atoms with Gasteiger partial charge >= 0.3 is 12.1 Å². The number of anilines is 1. The Morgan fingerprint density at radius 1 is 0.917 bits per heavy atom. The van der Waals surface area contributed by atoms with Crippen LogP contribution < -0.4 is 5.32 Å². The summed E-state index contributed by atoms with van der Waals surface area (Å²) in [7, 11) is -2.71. The molecule has 1 aliphatic rings. The first kappa shape index (κ1) is 25.4. The summed E-state index contributed by atoms with van der Waals surface area (Å²) in [4.78, 5) is 24.3. The molecule has 1 heterocycles. The number of carbonyl (C=O) groups is 2. The number of hydrogen-bond acceptors (Lipinski definition) is 6. The van der Waals surface area contributed by atoms with Gasteiger partial charge < -0.3 is 9.47 Å². The fourth-order valence-electron chi connectivity index (χ4n) is 4.15. The fourth-order valence-corrected chi connectivity index (χ4v) is 5.71. The van der Waals surface area contributed by atoms with E-state index < -0.39 is 28.1 Å². The van der Waals surface area contributed by atoms with Crippen molar-refractivity contribution in [3.63, 3.8) is 0 Å². The Morgan fingerprint density at radius 3 is 2.08 bits per heavy atom. The summed E-state index contributed by atoms with van der Waals surface area (Å²) in [6.45, 7) is 3.63. The monoisotopic (exact) mass is 508 g/mol. The molecular weight excluding hydrogens is 480 g/mol. The normalized spacial score (nSPS) is 15.7. The van der Waals surface area contributed by atoms with E-state index in [-0.39, 0.29) is 24.0 Å². The van der Waals surface area contributed by atoms with Gasteiger partial charge in [-0.25, -0.2) is 13.2 Å². The molecule has 188 valence electrons. The highest BCUT2D eigenvalue weighted by atomic mass is 32.2. The molecule has 0 aromatic heterocycles. The zero-order chi connectivity index (χ0) is 25.9. The number of rotatable bonds is 6. The van der Waals surface area contributed by atoms with E-state index in [1.165, 1.54) is 23.5 Å². The second-order valence-electron chi connectivity index (χ2n) is 8.74. The molecule has 1 amide bonds. The molecule has 0 unspecified atom stereocenters. The molecule has 3 aromatic carbocycles. The first-order valence-corrected chi connectivity index (χ1v) is 13.0. The number of amides is 1. The third-order valence-electron chi connectivity index (χ3n) is 5.95. The number of sulfonamides is 1. The average Bonchev–Trinajstić information content (AvgIpc) is 2.87. The average molecular weight is 509 g/mol. The van der Waals surface area contributed by atoms with Crippen LogP contribution in [0.15, 0.2) is 77.7 Å². The Labute approximate surface area is 210 Å². The van der Waals surface area contributed by atoms with Crippen molar-refractivity contribution in [3.05, 3.63) is 83.9 Å². The van der Waals surface area contributed by atoms with E-state index in [9.17, 15) is 18.0 Å². The van der Waals surface area contributed by atoms with Gasteiger partial charge in [0.25, 0.3) is 0 Å². The molecule has 0 radical (unpaired) electrons. The largest absolute Gasteiger partial charge is 0.468 e. The molecule has 0 saturated heterocycles. The maximum Gasteiger partial charge on any atom is 0.411 e. The summed E-state index contributed by atoms with van der Waals surface area (Å²) in [5, 5.41) is 2.66. The summed E-state index contributed by atoms with van der Waals surface area (Å²) >= 11 is 0. The minimum atomic E-state index is -3.97. The number of nitrogens with zero attached hydrogens (tertiary/aromatic N) is 1. The topological polar surface area (TPSA) is 102 Å². The predicted octanol–water partition coefficient (Wildman–Crippen LogP) is 4.60. The van der Waals surface area contributed by atoms with Crippen LogP contribution >= 0.6 is 0 Å². The van der Waals surface area contributed by atoms with Gasteiger partial charge in [0.05, 0.1) is 18.1 Å². The highest BCUT2D eigenvalue weighted by Gasteiger charge is 2.40. The van der Waals surface area contributed by atoms with Gasteiger partial charge in [-0.05, 0) is 60.4 Å². The predicted molar refractivity (Wildman–Crippen MR) is 136 cm³/mol. The molecule has 9 heteroatoms. The summed E-state index contributed by atoms with van der Waals surface area (Å²) in [5.74, 6) is -0.587. The number of fused-ring (bicyclic) bond motifs is 1. The molecule has 1 aliphatic heterocycles. The Kier molecular flexibility index (Phi) is 7.42. The minimum absolute atomic E-state index is 0.0910. The van der Waals surface area contributed by atoms with E-state index >= 15 is 0 Å². The summed E-state index contributed by atoms with van der Waals surface area (Å²) in [6.07, 6.45) is -0.495. The summed E-state index contributed by atoms with van der Waals surface area (Å²) in [6, 6.07) is 20.2. The zero-order valence-electron chi connectivity index (χ0n) is 20.3. The van der Waals surface area contributed by atoms with Crippen molar-refractivity contribution in [2.45, 2.75) is 43.9 Å². The standard InChI is InChI=1S/C27H28N2O6S/c1-18(2)35-27(31)28-23-12-8-19(9-13-23)20-10-14-24(15-11-20)36(32,33)29-17-22-7-5-4-6-21(22)16-25(29)26(30)34-3/h4-15,18,25H,16-17H2,1-3H3,(H,28,31)/t25-/m1/s1. The van der Waals surface area contributed by atoms with E-state index in [2.05, 4.69) is 5.32 Å². The highest BCUT2D eigenvalue weighted by molar-refractivity contribution is 7.89.